The standard InChI is InChI=1S/C15H15N5O2S/c1-10-3-5-11(6-4-10)9-20-14(22-2)12(18-19-20)13(21)17-15-16-7-8-23-15/h3-8H,9H2,1-2H3,(H,16,17,21). The van der Waals surface area contributed by atoms with Crippen LogP contribution in [0, 0.1) is 6.92 Å². The molecule has 0 spiro atoms. The molecule has 1 amide bonds. The Hall–Kier alpha value is -2.74. The van der Waals surface area contributed by atoms with Crippen molar-refractivity contribution in [1.82, 2.24) is 20.0 Å². The van der Waals surface area contributed by atoms with Crippen molar-refractivity contribution in [3.05, 3.63) is 52.7 Å². The van der Waals surface area contributed by atoms with Crippen molar-refractivity contribution >= 4 is 22.4 Å². The van der Waals surface area contributed by atoms with Crippen LogP contribution in [0.4, 0.5) is 5.13 Å². The zero-order chi connectivity index (χ0) is 16.2. The molecule has 0 saturated heterocycles. The van der Waals surface area contributed by atoms with Crippen LogP contribution in [-0.4, -0.2) is 33.0 Å². The van der Waals surface area contributed by atoms with Crippen molar-refractivity contribution in [3.8, 4) is 5.88 Å². The minimum absolute atomic E-state index is 0.134. The largest absolute Gasteiger partial charge is 0.479 e. The van der Waals surface area contributed by atoms with Crippen LogP contribution in [0.25, 0.3) is 0 Å². The Bertz CT molecular complexity index is 796. The normalized spacial score (nSPS) is 10.5. The minimum Gasteiger partial charge on any atom is -0.479 e. The summed E-state index contributed by atoms with van der Waals surface area (Å²) >= 11 is 1.33. The van der Waals surface area contributed by atoms with Gasteiger partial charge in [0, 0.05) is 11.6 Å². The van der Waals surface area contributed by atoms with Crippen LogP contribution in [0.15, 0.2) is 35.8 Å². The second-order valence-electron chi connectivity index (χ2n) is 4.88. The van der Waals surface area contributed by atoms with Gasteiger partial charge in [-0.2, -0.15) is 0 Å². The van der Waals surface area contributed by atoms with Crippen LogP contribution < -0.4 is 10.1 Å². The zero-order valence-electron chi connectivity index (χ0n) is 12.7. The monoisotopic (exact) mass is 329 g/mol. The summed E-state index contributed by atoms with van der Waals surface area (Å²) < 4.78 is 6.87. The van der Waals surface area contributed by atoms with E-state index >= 15 is 0 Å². The Morgan fingerprint density at radius 1 is 1.35 bits per heavy atom. The third kappa shape index (κ3) is 3.37. The second-order valence-corrected chi connectivity index (χ2v) is 5.78. The van der Waals surface area contributed by atoms with Crippen molar-refractivity contribution in [1.29, 1.82) is 0 Å². The van der Waals surface area contributed by atoms with Gasteiger partial charge in [0.15, 0.2) is 5.13 Å². The fraction of sp³-hybridized carbons (Fsp3) is 0.200. The molecule has 0 fully saturated rings. The molecular weight excluding hydrogens is 314 g/mol. The van der Waals surface area contributed by atoms with E-state index in [9.17, 15) is 4.79 Å². The number of rotatable bonds is 5. The van der Waals surface area contributed by atoms with Crippen molar-refractivity contribution in [2.75, 3.05) is 12.4 Å². The third-order valence-corrected chi connectivity index (χ3v) is 3.89. The van der Waals surface area contributed by atoms with Gasteiger partial charge in [-0.1, -0.05) is 35.0 Å². The summed E-state index contributed by atoms with van der Waals surface area (Å²) in [6, 6.07) is 8.06. The number of thiazole rings is 1. The maximum absolute atomic E-state index is 12.3. The molecule has 0 aliphatic heterocycles. The molecule has 0 aliphatic rings. The number of hydrogen-bond acceptors (Lipinski definition) is 6. The third-order valence-electron chi connectivity index (χ3n) is 3.20. The number of nitrogens with one attached hydrogen (secondary N) is 1. The average Bonchev–Trinajstić information content (AvgIpc) is 3.19. The summed E-state index contributed by atoms with van der Waals surface area (Å²) in [5.74, 6) is -0.0772. The van der Waals surface area contributed by atoms with Gasteiger partial charge in [0.2, 0.25) is 11.6 Å². The highest BCUT2D eigenvalue weighted by Crippen LogP contribution is 2.19. The van der Waals surface area contributed by atoms with E-state index in [-0.39, 0.29) is 5.69 Å². The van der Waals surface area contributed by atoms with Gasteiger partial charge >= 0.3 is 0 Å². The SMILES string of the molecule is COc1c(C(=O)Nc2nccs2)nnn1Cc1ccc(C)cc1. The Morgan fingerprint density at radius 3 is 2.78 bits per heavy atom. The first-order valence-corrected chi connectivity index (χ1v) is 7.79. The lowest BCUT2D eigenvalue weighted by molar-refractivity contribution is 0.101. The number of aromatic nitrogens is 4. The molecule has 0 saturated carbocycles. The maximum atomic E-state index is 12.3. The second kappa shape index (κ2) is 6.57. The smallest absolute Gasteiger partial charge is 0.283 e. The highest BCUT2D eigenvalue weighted by Gasteiger charge is 2.21. The van der Waals surface area contributed by atoms with E-state index in [0.29, 0.717) is 17.6 Å². The summed E-state index contributed by atoms with van der Waals surface area (Å²) in [4.78, 5) is 16.3. The molecule has 0 aliphatic carbocycles. The molecule has 2 heterocycles. The number of ether oxygens (including phenoxy) is 1. The number of amides is 1. The number of carbonyl (C=O) groups is 1. The van der Waals surface area contributed by atoms with E-state index in [4.69, 9.17) is 4.74 Å². The van der Waals surface area contributed by atoms with Crippen LogP contribution in [0.5, 0.6) is 5.88 Å². The molecule has 23 heavy (non-hydrogen) atoms. The molecule has 8 heteroatoms. The van der Waals surface area contributed by atoms with Gasteiger partial charge in [-0.05, 0) is 12.5 Å². The van der Waals surface area contributed by atoms with E-state index < -0.39 is 5.91 Å². The van der Waals surface area contributed by atoms with Gasteiger partial charge in [-0.15, -0.1) is 16.4 Å². The summed E-state index contributed by atoms with van der Waals surface area (Å²) in [5, 5.41) is 12.9. The first-order valence-electron chi connectivity index (χ1n) is 6.91. The first kappa shape index (κ1) is 15.2. The molecule has 3 rings (SSSR count). The molecule has 0 radical (unpaired) electrons. The quantitative estimate of drug-likeness (QED) is 0.777. The molecule has 7 nitrogen and oxygen atoms in total. The fourth-order valence-corrected chi connectivity index (χ4v) is 2.58. The predicted octanol–water partition coefficient (Wildman–Crippen LogP) is 2.35. The van der Waals surface area contributed by atoms with Crippen LogP contribution in [-0.2, 0) is 6.54 Å². The number of methoxy groups -OCH3 is 1. The number of nitrogens with zero attached hydrogens (tertiary/aromatic N) is 4. The molecule has 118 valence electrons. The Kier molecular flexibility index (Phi) is 4.33. The van der Waals surface area contributed by atoms with Crippen molar-refractivity contribution in [3.63, 3.8) is 0 Å². The predicted molar refractivity (Wildman–Crippen MR) is 86.9 cm³/mol. The van der Waals surface area contributed by atoms with E-state index in [1.807, 2.05) is 31.2 Å². The number of hydrogen-bond donors (Lipinski definition) is 1. The van der Waals surface area contributed by atoms with Crippen molar-refractivity contribution in [2.45, 2.75) is 13.5 Å². The zero-order valence-corrected chi connectivity index (χ0v) is 13.5. The molecule has 2 aromatic heterocycles. The molecule has 0 atom stereocenters. The summed E-state index contributed by atoms with van der Waals surface area (Å²) in [5.41, 5.74) is 2.36. The van der Waals surface area contributed by atoms with Gasteiger partial charge in [-0.25, -0.2) is 9.67 Å². The van der Waals surface area contributed by atoms with Crippen molar-refractivity contribution < 1.29 is 9.53 Å². The Morgan fingerprint density at radius 2 is 2.13 bits per heavy atom. The number of aryl methyl sites for hydroxylation is 1. The number of benzene rings is 1. The highest BCUT2D eigenvalue weighted by atomic mass is 32.1. The van der Waals surface area contributed by atoms with E-state index in [1.165, 1.54) is 24.0 Å². The van der Waals surface area contributed by atoms with E-state index in [0.717, 1.165) is 5.56 Å². The van der Waals surface area contributed by atoms with Gasteiger partial charge in [0.1, 0.15) is 0 Å². The Balaban J connectivity index is 1.81. The molecule has 1 N–H and O–H groups in total. The molecule has 0 unspecified atom stereocenters. The lowest BCUT2D eigenvalue weighted by Crippen LogP contribution is -2.14. The topological polar surface area (TPSA) is 81.9 Å². The van der Waals surface area contributed by atoms with Gasteiger partial charge in [-0.3, -0.25) is 10.1 Å². The molecular formula is C15H15N5O2S. The minimum atomic E-state index is -0.396. The van der Waals surface area contributed by atoms with Gasteiger partial charge in [0.25, 0.3) is 5.91 Å². The Labute approximate surface area is 136 Å². The van der Waals surface area contributed by atoms with Crippen LogP contribution >= 0.6 is 11.3 Å². The summed E-state index contributed by atoms with van der Waals surface area (Å²) in [6.07, 6.45) is 1.62. The first-order chi connectivity index (χ1) is 11.2. The van der Waals surface area contributed by atoms with Crippen LogP contribution in [0.3, 0.4) is 0 Å². The molecule has 0 bridgehead atoms. The number of anilines is 1. The molecule has 3 aromatic rings. The lowest BCUT2D eigenvalue weighted by Gasteiger charge is -2.06. The fourth-order valence-electron chi connectivity index (χ4n) is 2.06. The lowest BCUT2D eigenvalue weighted by atomic mass is 10.1. The maximum Gasteiger partial charge on any atom is 0.283 e. The van der Waals surface area contributed by atoms with E-state index in [1.54, 1.807) is 16.3 Å². The summed E-state index contributed by atoms with van der Waals surface area (Å²) in [6.45, 7) is 2.50. The van der Waals surface area contributed by atoms with Crippen LogP contribution in [0.2, 0.25) is 0 Å². The highest BCUT2D eigenvalue weighted by molar-refractivity contribution is 7.13. The average molecular weight is 329 g/mol. The van der Waals surface area contributed by atoms with Crippen molar-refractivity contribution in [2.24, 2.45) is 0 Å². The van der Waals surface area contributed by atoms with Crippen LogP contribution in [0.1, 0.15) is 21.6 Å². The van der Waals surface area contributed by atoms with Gasteiger partial charge in [0.05, 0.1) is 13.7 Å². The molecule has 1 aromatic carbocycles. The number of carbonyl (C=O) groups excluding carboxylic acids is 1. The van der Waals surface area contributed by atoms with E-state index in [2.05, 4.69) is 20.6 Å². The van der Waals surface area contributed by atoms with Gasteiger partial charge < -0.3 is 4.74 Å². The summed E-state index contributed by atoms with van der Waals surface area (Å²) in [7, 11) is 1.49.